The van der Waals surface area contributed by atoms with Crippen LogP contribution in [0.2, 0.25) is 0 Å². The van der Waals surface area contributed by atoms with Crippen molar-refractivity contribution in [3.05, 3.63) is 0 Å². The normalized spacial score (nSPS) is 59.8. The Morgan fingerprint density at radius 2 is 2.35 bits per heavy atom. The van der Waals surface area contributed by atoms with Crippen LogP contribution in [0.15, 0.2) is 0 Å². The highest BCUT2D eigenvalue weighted by molar-refractivity contribution is 5.84. The number of rotatable bonds is 2. The third-order valence-corrected chi connectivity index (χ3v) is 5.84. The number of carbonyl (C=O) groups is 1. The molecule has 2 heterocycles. The molecule has 94 valence electrons. The van der Waals surface area contributed by atoms with Gasteiger partial charge in [-0.2, -0.15) is 0 Å². The first-order valence-electron chi connectivity index (χ1n) is 6.78. The van der Waals surface area contributed by atoms with E-state index in [2.05, 4.69) is 19.2 Å². The van der Waals surface area contributed by atoms with Gasteiger partial charge in [-0.05, 0) is 24.7 Å². The molecule has 17 heavy (non-hydrogen) atoms. The van der Waals surface area contributed by atoms with Crippen LogP contribution in [0.5, 0.6) is 0 Å². The Kier molecular flexibility index (Phi) is 1.74. The summed E-state index contributed by atoms with van der Waals surface area (Å²) in [6.07, 6.45) is 1.52. The molecule has 2 saturated heterocycles. The van der Waals surface area contributed by atoms with Crippen molar-refractivity contribution in [3.8, 4) is 0 Å². The van der Waals surface area contributed by atoms with E-state index < -0.39 is 11.8 Å². The number of nitrogens with one attached hydrogen (secondary N) is 1. The number of ether oxygens (including phenoxy) is 1. The minimum atomic E-state index is -0.474. The van der Waals surface area contributed by atoms with Gasteiger partial charge >= 0.3 is 0 Å². The van der Waals surface area contributed by atoms with Crippen LogP contribution in [0.3, 0.4) is 0 Å². The van der Waals surface area contributed by atoms with E-state index in [4.69, 9.17) is 4.74 Å². The van der Waals surface area contributed by atoms with Crippen LogP contribution in [0.4, 0.5) is 0 Å². The minimum Gasteiger partial charge on any atom is -0.390 e. The third kappa shape index (κ3) is 0.899. The molecule has 4 fully saturated rings. The maximum atomic E-state index is 12.1. The number of fused-ring (bicyclic) bond motifs is 2. The van der Waals surface area contributed by atoms with Gasteiger partial charge in [0, 0.05) is 11.8 Å². The molecule has 0 aromatic heterocycles. The van der Waals surface area contributed by atoms with Gasteiger partial charge in [-0.3, -0.25) is 4.79 Å². The highest BCUT2D eigenvalue weighted by Crippen LogP contribution is 2.66. The SMILES string of the molecule is CCC(C)C12NC(=O)C3C4CC(C(O1)C4O)C32. The van der Waals surface area contributed by atoms with Gasteiger partial charge in [-0.1, -0.05) is 13.8 Å². The number of aliphatic hydroxyl groups excluding tert-OH is 1. The summed E-state index contributed by atoms with van der Waals surface area (Å²) in [5, 5.41) is 13.3. The van der Waals surface area contributed by atoms with Gasteiger partial charge in [-0.15, -0.1) is 0 Å². The Labute approximate surface area is 101 Å². The van der Waals surface area contributed by atoms with Crippen molar-refractivity contribution in [2.24, 2.45) is 29.6 Å². The number of carbonyl (C=O) groups excluding carboxylic acids is 1. The summed E-state index contributed by atoms with van der Waals surface area (Å²) in [5.74, 6) is 1.28. The summed E-state index contributed by atoms with van der Waals surface area (Å²) in [7, 11) is 0. The minimum absolute atomic E-state index is 0.00255. The van der Waals surface area contributed by atoms with E-state index in [1.54, 1.807) is 0 Å². The third-order valence-electron chi connectivity index (χ3n) is 5.84. The van der Waals surface area contributed by atoms with Crippen molar-refractivity contribution in [1.29, 1.82) is 0 Å². The Balaban J connectivity index is 1.83. The number of aliphatic hydroxyl groups is 1. The van der Waals surface area contributed by atoms with Crippen molar-refractivity contribution in [3.63, 3.8) is 0 Å². The molecule has 0 aromatic carbocycles. The standard InChI is InChI=1S/C13H19NO3/c1-3-5(2)13-9-7-4-6(8(9)12(16)14-13)10(15)11(7)17-13/h5-11,15H,3-4H2,1-2H3,(H,14,16). The fraction of sp³-hybridized carbons (Fsp3) is 0.923. The Hall–Kier alpha value is -0.610. The molecule has 1 amide bonds. The van der Waals surface area contributed by atoms with Crippen molar-refractivity contribution in [2.75, 3.05) is 0 Å². The summed E-state index contributed by atoms with van der Waals surface area (Å²) >= 11 is 0. The van der Waals surface area contributed by atoms with E-state index in [-0.39, 0.29) is 23.8 Å². The zero-order valence-corrected chi connectivity index (χ0v) is 10.2. The molecule has 8 atom stereocenters. The molecule has 2 aliphatic heterocycles. The number of hydrogen-bond donors (Lipinski definition) is 2. The average Bonchev–Trinajstić information content (AvgIpc) is 2.95. The Morgan fingerprint density at radius 1 is 1.59 bits per heavy atom. The van der Waals surface area contributed by atoms with Crippen molar-refractivity contribution < 1.29 is 14.6 Å². The molecule has 2 N–H and O–H groups in total. The zero-order valence-electron chi connectivity index (χ0n) is 10.2. The second-order valence-corrected chi connectivity index (χ2v) is 6.28. The van der Waals surface area contributed by atoms with Gasteiger partial charge in [0.2, 0.25) is 5.91 Å². The van der Waals surface area contributed by atoms with Crippen molar-refractivity contribution in [2.45, 2.75) is 44.6 Å². The van der Waals surface area contributed by atoms with Gasteiger partial charge in [0.15, 0.2) is 0 Å². The molecule has 0 spiro atoms. The average molecular weight is 237 g/mol. The summed E-state index contributed by atoms with van der Waals surface area (Å²) in [6, 6.07) is 0. The van der Waals surface area contributed by atoms with Crippen LogP contribution in [0.1, 0.15) is 26.7 Å². The Morgan fingerprint density at radius 3 is 3.06 bits per heavy atom. The van der Waals surface area contributed by atoms with Gasteiger partial charge in [0.25, 0.3) is 0 Å². The maximum absolute atomic E-state index is 12.1. The summed E-state index contributed by atoms with van der Waals surface area (Å²) in [5.41, 5.74) is -0.474. The first-order valence-corrected chi connectivity index (χ1v) is 6.78. The monoisotopic (exact) mass is 237 g/mol. The van der Waals surface area contributed by atoms with Crippen LogP contribution in [0, 0.1) is 29.6 Å². The predicted octanol–water partition coefficient (Wildman–Crippen LogP) is 0.500. The lowest BCUT2D eigenvalue weighted by molar-refractivity contribution is -0.147. The summed E-state index contributed by atoms with van der Waals surface area (Å²) in [4.78, 5) is 12.1. The molecule has 0 radical (unpaired) electrons. The number of amides is 1. The van der Waals surface area contributed by atoms with Crippen LogP contribution in [-0.4, -0.2) is 28.9 Å². The van der Waals surface area contributed by atoms with E-state index >= 15 is 0 Å². The summed E-state index contributed by atoms with van der Waals surface area (Å²) < 4.78 is 6.17. The highest BCUT2D eigenvalue weighted by Gasteiger charge is 2.76. The summed E-state index contributed by atoms with van der Waals surface area (Å²) in [6.45, 7) is 4.28. The van der Waals surface area contributed by atoms with Crippen LogP contribution in [-0.2, 0) is 9.53 Å². The fourth-order valence-electron chi connectivity index (χ4n) is 4.99. The van der Waals surface area contributed by atoms with Gasteiger partial charge in [0.05, 0.1) is 18.1 Å². The van der Waals surface area contributed by atoms with Crippen molar-refractivity contribution in [1.82, 2.24) is 5.32 Å². The lowest BCUT2D eigenvalue weighted by Crippen LogP contribution is -2.51. The molecule has 4 nitrogen and oxygen atoms in total. The van der Waals surface area contributed by atoms with E-state index in [1.165, 1.54) is 0 Å². The molecule has 4 aliphatic rings. The maximum Gasteiger partial charge on any atom is 0.226 e. The largest absolute Gasteiger partial charge is 0.390 e. The molecule has 4 rings (SSSR count). The van der Waals surface area contributed by atoms with Gasteiger partial charge in [0.1, 0.15) is 5.72 Å². The number of hydrogen-bond acceptors (Lipinski definition) is 3. The zero-order chi connectivity index (χ0) is 11.9. The first-order chi connectivity index (χ1) is 8.10. The topological polar surface area (TPSA) is 58.6 Å². The molecular formula is C13H19NO3. The van der Waals surface area contributed by atoms with Gasteiger partial charge < -0.3 is 15.2 Å². The molecule has 8 unspecified atom stereocenters. The molecule has 2 saturated carbocycles. The Bertz CT molecular complexity index is 398. The van der Waals surface area contributed by atoms with Crippen LogP contribution >= 0.6 is 0 Å². The highest BCUT2D eigenvalue weighted by atomic mass is 16.5. The quantitative estimate of drug-likeness (QED) is 0.735. The van der Waals surface area contributed by atoms with E-state index in [0.29, 0.717) is 17.8 Å². The molecule has 2 aliphatic carbocycles. The van der Waals surface area contributed by atoms with E-state index in [0.717, 1.165) is 12.8 Å². The van der Waals surface area contributed by atoms with Crippen LogP contribution < -0.4 is 5.32 Å². The molecular weight excluding hydrogens is 218 g/mol. The molecule has 4 heteroatoms. The fourth-order valence-corrected chi connectivity index (χ4v) is 4.99. The predicted molar refractivity (Wildman–Crippen MR) is 59.8 cm³/mol. The lowest BCUT2D eigenvalue weighted by Gasteiger charge is -2.35. The van der Waals surface area contributed by atoms with Crippen molar-refractivity contribution >= 4 is 5.91 Å². The smallest absolute Gasteiger partial charge is 0.226 e. The van der Waals surface area contributed by atoms with E-state index in [1.807, 2.05) is 0 Å². The molecule has 0 aromatic rings. The second-order valence-electron chi connectivity index (χ2n) is 6.28. The first kappa shape index (κ1) is 10.3. The second kappa shape index (κ2) is 2.86. The van der Waals surface area contributed by atoms with E-state index in [9.17, 15) is 9.90 Å². The van der Waals surface area contributed by atoms with Crippen LogP contribution in [0.25, 0.3) is 0 Å². The van der Waals surface area contributed by atoms with Gasteiger partial charge in [-0.25, -0.2) is 0 Å². The molecule has 2 bridgehead atoms. The lowest BCUT2D eigenvalue weighted by atomic mass is 9.74.